The van der Waals surface area contributed by atoms with Crippen LogP contribution in [0.1, 0.15) is 23.8 Å². The second-order valence-corrected chi connectivity index (χ2v) is 5.40. The SMILES string of the molecule is C[C@H]1C[C@@H](NC(=O)c2cnnn2C)C(=O)N1c1ccccc1. The van der Waals surface area contributed by atoms with Crippen LogP contribution in [-0.4, -0.2) is 38.9 Å². The lowest BCUT2D eigenvalue weighted by molar-refractivity contribution is -0.118. The van der Waals surface area contributed by atoms with Gasteiger partial charge in [-0.25, -0.2) is 4.68 Å². The molecule has 0 radical (unpaired) electrons. The van der Waals surface area contributed by atoms with Crippen LogP contribution in [-0.2, 0) is 11.8 Å². The number of anilines is 1. The van der Waals surface area contributed by atoms with Crippen LogP contribution in [0.4, 0.5) is 5.69 Å². The zero-order chi connectivity index (χ0) is 15.7. The average Bonchev–Trinajstić information content (AvgIpc) is 3.04. The molecule has 22 heavy (non-hydrogen) atoms. The summed E-state index contributed by atoms with van der Waals surface area (Å²) in [6.07, 6.45) is 1.96. The first-order valence-corrected chi connectivity index (χ1v) is 7.11. The Bertz CT molecular complexity index is 697. The molecule has 0 unspecified atom stereocenters. The number of aromatic nitrogens is 3. The van der Waals surface area contributed by atoms with Crippen LogP contribution in [0.25, 0.3) is 0 Å². The molecule has 114 valence electrons. The molecule has 0 saturated carbocycles. The summed E-state index contributed by atoms with van der Waals surface area (Å²) < 4.78 is 1.38. The molecular weight excluding hydrogens is 282 g/mol. The number of para-hydroxylation sites is 1. The Hall–Kier alpha value is -2.70. The number of carbonyl (C=O) groups excluding carboxylic acids is 2. The number of aryl methyl sites for hydroxylation is 1. The molecule has 2 aromatic rings. The monoisotopic (exact) mass is 299 g/mol. The highest BCUT2D eigenvalue weighted by Crippen LogP contribution is 2.26. The van der Waals surface area contributed by atoms with Gasteiger partial charge in [0.1, 0.15) is 11.7 Å². The second kappa shape index (κ2) is 5.59. The molecule has 1 aromatic heterocycles. The highest BCUT2D eigenvalue weighted by molar-refractivity contribution is 6.03. The molecule has 3 rings (SSSR count). The molecule has 1 aliphatic rings. The second-order valence-electron chi connectivity index (χ2n) is 5.40. The van der Waals surface area contributed by atoms with Gasteiger partial charge in [0.25, 0.3) is 5.91 Å². The van der Waals surface area contributed by atoms with Crippen molar-refractivity contribution in [3.8, 4) is 0 Å². The lowest BCUT2D eigenvalue weighted by Crippen LogP contribution is -2.42. The first-order chi connectivity index (χ1) is 10.6. The van der Waals surface area contributed by atoms with Crippen molar-refractivity contribution in [3.05, 3.63) is 42.2 Å². The van der Waals surface area contributed by atoms with Gasteiger partial charge in [-0.1, -0.05) is 23.4 Å². The minimum absolute atomic E-state index is 0.0323. The van der Waals surface area contributed by atoms with Crippen molar-refractivity contribution in [3.63, 3.8) is 0 Å². The van der Waals surface area contributed by atoms with E-state index in [-0.39, 0.29) is 17.9 Å². The van der Waals surface area contributed by atoms with Gasteiger partial charge in [0, 0.05) is 18.8 Å². The third-order valence-corrected chi connectivity index (χ3v) is 3.84. The summed E-state index contributed by atoms with van der Waals surface area (Å²) in [7, 11) is 1.64. The first-order valence-electron chi connectivity index (χ1n) is 7.11. The maximum absolute atomic E-state index is 12.6. The number of amides is 2. The van der Waals surface area contributed by atoms with E-state index in [9.17, 15) is 9.59 Å². The van der Waals surface area contributed by atoms with Crippen LogP contribution in [0.2, 0.25) is 0 Å². The average molecular weight is 299 g/mol. The van der Waals surface area contributed by atoms with Crippen LogP contribution in [0.5, 0.6) is 0 Å². The van der Waals surface area contributed by atoms with Gasteiger partial charge in [-0.3, -0.25) is 9.59 Å². The molecule has 0 aliphatic carbocycles. The van der Waals surface area contributed by atoms with Crippen molar-refractivity contribution < 1.29 is 9.59 Å². The molecule has 0 bridgehead atoms. The van der Waals surface area contributed by atoms with E-state index in [1.807, 2.05) is 37.3 Å². The summed E-state index contributed by atoms with van der Waals surface area (Å²) in [4.78, 5) is 26.5. The first kappa shape index (κ1) is 14.2. The third-order valence-electron chi connectivity index (χ3n) is 3.84. The Balaban J connectivity index is 1.76. The smallest absolute Gasteiger partial charge is 0.271 e. The summed E-state index contributed by atoms with van der Waals surface area (Å²) in [5.74, 6) is -0.435. The Morgan fingerprint density at radius 1 is 1.32 bits per heavy atom. The summed E-state index contributed by atoms with van der Waals surface area (Å²) >= 11 is 0. The number of benzene rings is 1. The van der Waals surface area contributed by atoms with Gasteiger partial charge in [0.05, 0.1) is 6.20 Å². The largest absolute Gasteiger partial charge is 0.339 e. The molecule has 7 nitrogen and oxygen atoms in total. The number of carbonyl (C=O) groups is 2. The molecule has 2 heterocycles. The normalized spacial score (nSPS) is 21.2. The third kappa shape index (κ3) is 2.45. The van der Waals surface area contributed by atoms with E-state index in [0.717, 1.165) is 5.69 Å². The van der Waals surface area contributed by atoms with E-state index in [4.69, 9.17) is 0 Å². The Kier molecular flexibility index (Phi) is 3.62. The summed E-state index contributed by atoms with van der Waals surface area (Å²) in [5.41, 5.74) is 1.18. The molecule has 0 spiro atoms. The van der Waals surface area contributed by atoms with E-state index in [2.05, 4.69) is 15.6 Å². The lowest BCUT2D eigenvalue weighted by Gasteiger charge is -2.21. The lowest BCUT2D eigenvalue weighted by atomic mass is 10.2. The van der Waals surface area contributed by atoms with Gasteiger partial charge in [-0.15, -0.1) is 5.10 Å². The van der Waals surface area contributed by atoms with E-state index in [1.165, 1.54) is 10.9 Å². The highest BCUT2D eigenvalue weighted by Gasteiger charge is 2.39. The molecule has 2 amide bonds. The topological polar surface area (TPSA) is 80.1 Å². The molecule has 1 fully saturated rings. The van der Waals surface area contributed by atoms with E-state index >= 15 is 0 Å². The summed E-state index contributed by atoms with van der Waals surface area (Å²) in [6, 6.07) is 8.98. The predicted octanol–water partition coefficient (Wildman–Crippen LogP) is 0.739. The molecule has 1 N–H and O–H groups in total. The van der Waals surface area contributed by atoms with Gasteiger partial charge in [-0.2, -0.15) is 0 Å². The van der Waals surface area contributed by atoms with Crippen molar-refractivity contribution in [1.29, 1.82) is 0 Å². The van der Waals surface area contributed by atoms with E-state index in [1.54, 1.807) is 11.9 Å². The number of hydrogen-bond donors (Lipinski definition) is 1. The van der Waals surface area contributed by atoms with E-state index < -0.39 is 6.04 Å². The maximum Gasteiger partial charge on any atom is 0.271 e. The molecule has 1 saturated heterocycles. The Morgan fingerprint density at radius 2 is 2.05 bits per heavy atom. The summed E-state index contributed by atoms with van der Waals surface area (Å²) in [5, 5.41) is 10.2. The van der Waals surface area contributed by atoms with Gasteiger partial charge < -0.3 is 10.2 Å². The van der Waals surface area contributed by atoms with Crippen LogP contribution >= 0.6 is 0 Å². The van der Waals surface area contributed by atoms with Crippen molar-refractivity contribution in [2.45, 2.75) is 25.4 Å². The standard InChI is InChI=1S/C15H17N5O2/c1-10-8-12(17-14(21)13-9-16-18-19(13)2)15(22)20(10)11-6-4-3-5-7-11/h3-7,9-10,12H,8H2,1-2H3,(H,17,21)/t10-,12+/m0/s1. The van der Waals surface area contributed by atoms with Crippen LogP contribution in [0.3, 0.4) is 0 Å². The minimum atomic E-state index is -0.530. The van der Waals surface area contributed by atoms with Gasteiger partial charge in [0.15, 0.2) is 0 Å². The van der Waals surface area contributed by atoms with Gasteiger partial charge in [-0.05, 0) is 25.5 Å². The molecule has 1 aromatic carbocycles. The zero-order valence-electron chi connectivity index (χ0n) is 12.4. The minimum Gasteiger partial charge on any atom is -0.339 e. The molecule has 1 aliphatic heterocycles. The van der Waals surface area contributed by atoms with Crippen molar-refractivity contribution in [2.24, 2.45) is 7.05 Å². The van der Waals surface area contributed by atoms with Crippen molar-refractivity contribution >= 4 is 17.5 Å². The highest BCUT2D eigenvalue weighted by atomic mass is 16.2. The fraction of sp³-hybridized carbons (Fsp3) is 0.333. The fourth-order valence-electron chi connectivity index (χ4n) is 2.75. The van der Waals surface area contributed by atoms with E-state index in [0.29, 0.717) is 12.1 Å². The van der Waals surface area contributed by atoms with Crippen LogP contribution < -0.4 is 10.2 Å². The van der Waals surface area contributed by atoms with Crippen LogP contribution in [0.15, 0.2) is 36.5 Å². The quantitative estimate of drug-likeness (QED) is 0.906. The van der Waals surface area contributed by atoms with Crippen LogP contribution in [0, 0.1) is 0 Å². The molecule has 2 atom stereocenters. The fourth-order valence-corrected chi connectivity index (χ4v) is 2.75. The van der Waals surface area contributed by atoms with Gasteiger partial charge in [0.2, 0.25) is 5.91 Å². The molecular formula is C15H17N5O2. The maximum atomic E-state index is 12.6. The zero-order valence-corrected chi connectivity index (χ0v) is 12.4. The number of nitrogens with one attached hydrogen (secondary N) is 1. The summed E-state index contributed by atoms with van der Waals surface area (Å²) in [6.45, 7) is 1.97. The molecule has 7 heteroatoms. The number of rotatable bonds is 3. The Labute approximate surface area is 127 Å². The number of nitrogens with zero attached hydrogens (tertiary/aromatic N) is 4. The van der Waals surface area contributed by atoms with Crippen molar-refractivity contribution in [2.75, 3.05) is 4.90 Å². The Morgan fingerprint density at radius 3 is 2.68 bits per heavy atom. The number of hydrogen-bond acceptors (Lipinski definition) is 4. The van der Waals surface area contributed by atoms with Gasteiger partial charge >= 0.3 is 0 Å². The van der Waals surface area contributed by atoms with Crippen molar-refractivity contribution in [1.82, 2.24) is 20.3 Å². The predicted molar refractivity (Wildman–Crippen MR) is 80.3 cm³/mol.